The summed E-state index contributed by atoms with van der Waals surface area (Å²) in [7, 11) is -3.82. The fourth-order valence-electron chi connectivity index (χ4n) is 2.24. The molecule has 0 unspecified atom stereocenters. The first-order chi connectivity index (χ1) is 10.9. The second-order valence-electron chi connectivity index (χ2n) is 5.16. The number of sulfonamides is 1. The van der Waals surface area contributed by atoms with Crippen molar-refractivity contribution in [1.82, 2.24) is 4.72 Å². The third-order valence-electron chi connectivity index (χ3n) is 3.51. The summed E-state index contributed by atoms with van der Waals surface area (Å²) in [6, 6.07) is 14.2. The average molecular weight is 332 g/mol. The molecule has 2 aromatic rings. The van der Waals surface area contributed by atoms with Crippen LogP contribution in [0.1, 0.15) is 30.5 Å². The van der Waals surface area contributed by atoms with Crippen molar-refractivity contribution in [3.05, 3.63) is 65.7 Å². The minimum atomic E-state index is -3.82. The molecule has 0 aliphatic carbocycles. The molecule has 0 radical (unpaired) electrons. The zero-order chi connectivity index (χ0) is 16.9. The smallest absolute Gasteiger partial charge is 0.241 e. The lowest BCUT2D eigenvalue weighted by molar-refractivity contribution is -0.306. The van der Waals surface area contributed by atoms with E-state index in [0.717, 1.165) is 12.0 Å². The van der Waals surface area contributed by atoms with Gasteiger partial charge in [0.25, 0.3) is 0 Å². The van der Waals surface area contributed by atoms with Gasteiger partial charge in [0.1, 0.15) is 0 Å². The predicted octanol–water partition coefficient (Wildman–Crippen LogP) is 1.41. The standard InChI is InChI=1S/C17H19NO4S/c1-2-13-8-10-15(11-9-13)23(21,22)18-16(12-17(19)20)14-6-4-3-5-7-14/h3-11,16,18H,2,12H2,1H3,(H,19,20)/p-1/t16-/m1/s1. The third kappa shape index (κ3) is 4.64. The van der Waals surface area contributed by atoms with Gasteiger partial charge in [0.05, 0.1) is 10.9 Å². The minimum absolute atomic E-state index is 0.106. The van der Waals surface area contributed by atoms with E-state index in [2.05, 4.69) is 4.72 Å². The van der Waals surface area contributed by atoms with E-state index in [-0.39, 0.29) is 4.90 Å². The van der Waals surface area contributed by atoms with Crippen molar-refractivity contribution in [2.75, 3.05) is 0 Å². The molecule has 0 saturated carbocycles. The van der Waals surface area contributed by atoms with E-state index < -0.39 is 28.5 Å². The molecule has 0 aliphatic rings. The molecule has 0 amide bonds. The predicted molar refractivity (Wildman–Crippen MR) is 84.9 cm³/mol. The van der Waals surface area contributed by atoms with Crippen LogP contribution in [0.15, 0.2) is 59.5 Å². The summed E-state index contributed by atoms with van der Waals surface area (Å²) >= 11 is 0. The van der Waals surface area contributed by atoms with Crippen LogP contribution in [-0.4, -0.2) is 14.4 Å². The molecule has 122 valence electrons. The Labute approximate surface area is 136 Å². The molecular weight excluding hydrogens is 314 g/mol. The zero-order valence-corrected chi connectivity index (χ0v) is 13.5. The van der Waals surface area contributed by atoms with Crippen LogP contribution in [0, 0.1) is 0 Å². The van der Waals surface area contributed by atoms with Gasteiger partial charge in [-0.05, 0) is 29.7 Å². The number of carboxylic acids is 1. The van der Waals surface area contributed by atoms with Crippen molar-refractivity contribution in [3.8, 4) is 0 Å². The van der Waals surface area contributed by atoms with Gasteiger partial charge in [-0.2, -0.15) is 0 Å². The van der Waals surface area contributed by atoms with Crippen LogP contribution in [0.3, 0.4) is 0 Å². The van der Waals surface area contributed by atoms with Crippen LogP contribution in [0.25, 0.3) is 0 Å². The number of carboxylic acid groups (broad SMARTS) is 1. The lowest BCUT2D eigenvalue weighted by Gasteiger charge is -2.20. The molecule has 5 nitrogen and oxygen atoms in total. The molecule has 6 heteroatoms. The maximum absolute atomic E-state index is 12.5. The van der Waals surface area contributed by atoms with Crippen LogP contribution in [-0.2, 0) is 21.2 Å². The fourth-order valence-corrected chi connectivity index (χ4v) is 3.46. The van der Waals surface area contributed by atoms with Crippen molar-refractivity contribution in [1.29, 1.82) is 0 Å². The van der Waals surface area contributed by atoms with Crippen molar-refractivity contribution < 1.29 is 18.3 Å². The largest absolute Gasteiger partial charge is 0.550 e. The molecule has 2 rings (SSSR count). The Morgan fingerprint density at radius 3 is 2.22 bits per heavy atom. The van der Waals surface area contributed by atoms with Gasteiger partial charge < -0.3 is 9.90 Å². The lowest BCUT2D eigenvalue weighted by Crippen LogP contribution is -2.34. The summed E-state index contributed by atoms with van der Waals surface area (Å²) in [5, 5.41) is 10.9. The normalized spacial score (nSPS) is 12.7. The van der Waals surface area contributed by atoms with E-state index in [0.29, 0.717) is 5.56 Å². The van der Waals surface area contributed by atoms with Gasteiger partial charge in [-0.25, -0.2) is 13.1 Å². The Balaban J connectivity index is 2.28. The Morgan fingerprint density at radius 1 is 1.09 bits per heavy atom. The Kier molecular flexibility index (Phi) is 5.52. The number of hydrogen-bond acceptors (Lipinski definition) is 4. The van der Waals surface area contributed by atoms with Gasteiger partial charge in [-0.15, -0.1) is 0 Å². The van der Waals surface area contributed by atoms with Crippen molar-refractivity contribution in [2.45, 2.75) is 30.7 Å². The first kappa shape index (κ1) is 17.2. The van der Waals surface area contributed by atoms with Crippen molar-refractivity contribution in [3.63, 3.8) is 0 Å². The van der Waals surface area contributed by atoms with Gasteiger partial charge in [-0.1, -0.05) is 49.4 Å². The van der Waals surface area contributed by atoms with Gasteiger partial charge in [0.2, 0.25) is 10.0 Å². The van der Waals surface area contributed by atoms with Gasteiger partial charge in [0, 0.05) is 12.4 Å². The summed E-state index contributed by atoms with van der Waals surface area (Å²) in [4.78, 5) is 11.0. The molecular formula is C17H18NO4S-. The number of aryl methyl sites for hydroxylation is 1. The highest BCUT2D eigenvalue weighted by molar-refractivity contribution is 7.89. The molecule has 0 spiro atoms. The summed E-state index contributed by atoms with van der Waals surface area (Å²) in [5.74, 6) is -1.32. The first-order valence-corrected chi connectivity index (χ1v) is 8.76. The average Bonchev–Trinajstić information content (AvgIpc) is 2.54. The van der Waals surface area contributed by atoms with E-state index >= 15 is 0 Å². The van der Waals surface area contributed by atoms with Crippen LogP contribution in [0.5, 0.6) is 0 Å². The molecule has 0 heterocycles. The molecule has 0 fully saturated rings. The maximum atomic E-state index is 12.5. The third-order valence-corrected chi connectivity index (χ3v) is 5.00. The van der Waals surface area contributed by atoms with Crippen LogP contribution in [0.2, 0.25) is 0 Å². The quantitative estimate of drug-likeness (QED) is 0.830. The van der Waals surface area contributed by atoms with E-state index in [4.69, 9.17) is 0 Å². The Bertz CT molecular complexity index is 755. The molecule has 0 aromatic heterocycles. The zero-order valence-electron chi connectivity index (χ0n) is 12.7. The number of rotatable bonds is 7. The van der Waals surface area contributed by atoms with E-state index in [1.54, 1.807) is 42.5 Å². The van der Waals surface area contributed by atoms with Gasteiger partial charge in [-0.3, -0.25) is 0 Å². The van der Waals surface area contributed by atoms with E-state index in [1.807, 2.05) is 6.92 Å². The minimum Gasteiger partial charge on any atom is -0.550 e. The number of carbonyl (C=O) groups excluding carboxylic acids is 1. The number of hydrogen-bond donors (Lipinski definition) is 1. The SMILES string of the molecule is CCc1ccc(S(=O)(=O)N[C@H](CC(=O)[O-])c2ccccc2)cc1. The van der Waals surface area contributed by atoms with Crippen molar-refractivity contribution >= 4 is 16.0 Å². The number of nitrogens with one attached hydrogen (secondary N) is 1. The van der Waals surface area contributed by atoms with Crippen molar-refractivity contribution in [2.24, 2.45) is 0 Å². The Morgan fingerprint density at radius 2 is 1.70 bits per heavy atom. The van der Waals surface area contributed by atoms with E-state index in [9.17, 15) is 18.3 Å². The summed E-state index contributed by atoms with van der Waals surface area (Å²) in [6.45, 7) is 1.98. The maximum Gasteiger partial charge on any atom is 0.241 e. The monoisotopic (exact) mass is 332 g/mol. The number of carbonyl (C=O) groups is 1. The first-order valence-electron chi connectivity index (χ1n) is 7.28. The van der Waals surface area contributed by atoms with Gasteiger partial charge in [0.15, 0.2) is 0 Å². The summed E-state index contributed by atoms with van der Waals surface area (Å²) in [5.41, 5.74) is 1.60. The fraction of sp³-hybridized carbons (Fsp3) is 0.235. The molecule has 1 atom stereocenters. The molecule has 2 aromatic carbocycles. The topological polar surface area (TPSA) is 86.3 Å². The lowest BCUT2D eigenvalue weighted by atomic mass is 10.1. The van der Waals surface area contributed by atoms with Gasteiger partial charge >= 0.3 is 0 Å². The number of aliphatic carboxylic acids is 1. The Hall–Kier alpha value is -2.18. The summed E-state index contributed by atoms with van der Waals surface area (Å²) in [6.07, 6.45) is 0.376. The van der Waals surface area contributed by atoms with Crippen LogP contribution < -0.4 is 9.83 Å². The highest BCUT2D eigenvalue weighted by Gasteiger charge is 2.21. The van der Waals surface area contributed by atoms with Crippen LogP contribution in [0.4, 0.5) is 0 Å². The second-order valence-corrected chi connectivity index (χ2v) is 6.87. The molecule has 0 aliphatic heterocycles. The molecule has 0 bridgehead atoms. The van der Waals surface area contributed by atoms with Crippen LogP contribution >= 0.6 is 0 Å². The molecule has 1 N–H and O–H groups in total. The number of benzene rings is 2. The second kappa shape index (κ2) is 7.39. The summed E-state index contributed by atoms with van der Waals surface area (Å²) < 4.78 is 27.4. The van der Waals surface area contributed by atoms with E-state index in [1.165, 1.54) is 12.1 Å². The highest BCUT2D eigenvalue weighted by Crippen LogP contribution is 2.20. The molecule has 0 saturated heterocycles. The highest BCUT2D eigenvalue weighted by atomic mass is 32.2. The molecule has 23 heavy (non-hydrogen) atoms.